The summed E-state index contributed by atoms with van der Waals surface area (Å²) in [6.07, 6.45) is 1.66. The molecule has 18 heavy (non-hydrogen) atoms. The molecular weight excluding hydrogens is 246 g/mol. The third-order valence-electron chi connectivity index (χ3n) is 3.09. The van der Waals surface area contributed by atoms with E-state index < -0.39 is 6.10 Å². The second kappa shape index (κ2) is 6.81. The third-order valence-corrected chi connectivity index (χ3v) is 4.30. The van der Waals surface area contributed by atoms with Gasteiger partial charge in [0.1, 0.15) is 0 Å². The molecule has 2 unspecified atom stereocenters. The van der Waals surface area contributed by atoms with Crippen LogP contribution in [0, 0.1) is 0 Å². The predicted octanol–water partition coefficient (Wildman–Crippen LogP) is 2.12. The predicted molar refractivity (Wildman–Crippen MR) is 74.5 cm³/mol. The lowest BCUT2D eigenvalue weighted by atomic mass is 10.1. The summed E-state index contributed by atoms with van der Waals surface area (Å²) < 4.78 is 0. The van der Waals surface area contributed by atoms with Gasteiger partial charge >= 0.3 is 0 Å². The largest absolute Gasteiger partial charge is 0.388 e. The van der Waals surface area contributed by atoms with Crippen molar-refractivity contribution in [2.75, 3.05) is 11.5 Å². The summed E-state index contributed by atoms with van der Waals surface area (Å²) in [6, 6.07) is 9.60. The van der Waals surface area contributed by atoms with Crippen LogP contribution >= 0.6 is 11.8 Å². The van der Waals surface area contributed by atoms with Crippen molar-refractivity contribution in [1.82, 2.24) is 5.32 Å². The van der Waals surface area contributed by atoms with E-state index in [-0.39, 0.29) is 18.4 Å². The number of nitrogens with one attached hydrogen (secondary N) is 1. The highest BCUT2D eigenvalue weighted by Crippen LogP contribution is 2.19. The minimum atomic E-state index is -0.706. The lowest BCUT2D eigenvalue weighted by Crippen LogP contribution is -2.38. The van der Waals surface area contributed by atoms with Crippen molar-refractivity contribution >= 4 is 17.7 Å². The second-order valence-corrected chi connectivity index (χ2v) is 5.76. The standard InChI is InChI=1S/C14H19NO2S/c16-13(11-5-2-1-3-6-11)9-14(17)15-12-7-4-8-18-10-12/h1-3,5-6,12-13,16H,4,7-10H2,(H,15,17). The number of thioether (sulfide) groups is 1. The van der Waals surface area contributed by atoms with Gasteiger partial charge in [0, 0.05) is 11.8 Å². The van der Waals surface area contributed by atoms with Gasteiger partial charge in [-0.2, -0.15) is 11.8 Å². The SMILES string of the molecule is O=C(CC(O)c1ccccc1)NC1CCCSC1. The summed E-state index contributed by atoms with van der Waals surface area (Å²) in [7, 11) is 0. The number of amides is 1. The monoisotopic (exact) mass is 265 g/mol. The van der Waals surface area contributed by atoms with Crippen molar-refractivity contribution in [3.63, 3.8) is 0 Å². The first kappa shape index (κ1) is 13.4. The highest BCUT2D eigenvalue weighted by atomic mass is 32.2. The molecule has 0 radical (unpaired) electrons. The average molecular weight is 265 g/mol. The van der Waals surface area contributed by atoms with Crippen LogP contribution in [0.2, 0.25) is 0 Å². The minimum Gasteiger partial charge on any atom is -0.388 e. The number of carbonyl (C=O) groups excluding carboxylic acids is 1. The van der Waals surface area contributed by atoms with Crippen molar-refractivity contribution in [2.24, 2.45) is 0 Å². The van der Waals surface area contributed by atoms with Crippen LogP contribution in [0.5, 0.6) is 0 Å². The molecule has 4 heteroatoms. The Morgan fingerprint density at radius 2 is 2.22 bits per heavy atom. The molecule has 0 aliphatic carbocycles. The Morgan fingerprint density at radius 1 is 1.44 bits per heavy atom. The zero-order valence-corrected chi connectivity index (χ0v) is 11.2. The minimum absolute atomic E-state index is 0.0566. The Labute approximate surface area is 112 Å². The molecule has 1 aliphatic rings. The van der Waals surface area contributed by atoms with Crippen LogP contribution in [0.3, 0.4) is 0 Å². The van der Waals surface area contributed by atoms with Gasteiger partial charge in [0.2, 0.25) is 5.91 Å². The molecule has 1 fully saturated rings. The van der Waals surface area contributed by atoms with Crippen LogP contribution in [0.4, 0.5) is 0 Å². The van der Waals surface area contributed by atoms with E-state index in [1.165, 1.54) is 5.75 Å². The number of hydrogen-bond donors (Lipinski definition) is 2. The molecule has 2 N–H and O–H groups in total. The first-order chi connectivity index (χ1) is 8.75. The van der Waals surface area contributed by atoms with E-state index in [0.717, 1.165) is 24.2 Å². The second-order valence-electron chi connectivity index (χ2n) is 4.61. The van der Waals surface area contributed by atoms with Crippen LogP contribution in [0.15, 0.2) is 30.3 Å². The van der Waals surface area contributed by atoms with Crippen LogP contribution in [-0.4, -0.2) is 28.6 Å². The molecule has 98 valence electrons. The summed E-state index contributed by atoms with van der Waals surface area (Å²) in [5, 5.41) is 13.0. The quantitative estimate of drug-likeness (QED) is 0.876. The van der Waals surface area contributed by atoms with E-state index in [9.17, 15) is 9.90 Å². The maximum absolute atomic E-state index is 11.8. The first-order valence-electron chi connectivity index (χ1n) is 6.36. The molecule has 0 aromatic heterocycles. The van der Waals surface area contributed by atoms with Crippen molar-refractivity contribution < 1.29 is 9.90 Å². The molecule has 2 rings (SSSR count). The molecule has 3 nitrogen and oxygen atoms in total. The maximum atomic E-state index is 11.8. The maximum Gasteiger partial charge on any atom is 0.223 e. The summed E-state index contributed by atoms with van der Waals surface area (Å²) >= 11 is 1.88. The van der Waals surface area contributed by atoms with Crippen molar-refractivity contribution in [1.29, 1.82) is 0 Å². The van der Waals surface area contributed by atoms with Gasteiger partial charge in [-0.3, -0.25) is 4.79 Å². The van der Waals surface area contributed by atoms with Gasteiger partial charge < -0.3 is 10.4 Å². The number of aliphatic hydroxyl groups excluding tert-OH is 1. The van der Waals surface area contributed by atoms with E-state index in [4.69, 9.17) is 0 Å². The Balaban J connectivity index is 1.80. The fourth-order valence-electron chi connectivity index (χ4n) is 2.11. The van der Waals surface area contributed by atoms with Gasteiger partial charge in [-0.05, 0) is 24.2 Å². The molecule has 1 aromatic carbocycles. The van der Waals surface area contributed by atoms with Crippen LogP contribution in [0.1, 0.15) is 30.9 Å². The Kier molecular flexibility index (Phi) is 5.08. The van der Waals surface area contributed by atoms with E-state index >= 15 is 0 Å². The van der Waals surface area contributed by atoms with Gasteiger partial charge in [0.05, 0.1) is 12.5 Å². The van der Waals surface area contributed by atoms with E-state index in [1.807, 2.05) is 42.1 Å². The number of hydrogen-bond acceptors (Lipinski definition) is 3. The van der Waals surface area contributed by atoms with Gasteiger partial charge in [-0.15, -0.1) is 0 Å². The normalized spacial score (nSPS) is 21.3. The molecule has 1 heterocycles. The van der Waals surface area contributed by atoms with Crippen LogP contribution in [-0.2, 0) is 4.79 Å². The third kappa shape index (κ3) is 4.03. The van der Waals surface area contributed by atoms with E-state index in [0.29, 0.717) is 0 Å². The smallest absolute Gasteiger partial charge is 0.223 e. The number of aliphatic hydroxyl groups is 1. The van der Waals surface area contributed by atoms with E-state index in [1.54, 1.807) is 0 Å². The summed E-state index contributed by atoms with van der Waals surface area (Å²) in [5.41, 5.74) is 0.797. The van der Waals surface area contributed by atoms with Gasteiger partial charge in [-0.1, -0.05) is 30.3 Å². The van der Waals surface area contributed by atoms with Crippen LogP contribution < -0.4 is 5.32 Å². The molecule has 0 spiro atoms. The summed E-state index contributed by atoms with van der Waals surface area (Å²) in [4.78, 5) is 11.8. The van der Waals surface area contributed by atoms with Crippen LogP contribution in [0.25, 0.3) is 0 Å². The highest BCUT2D eigenvalue weighted by molar-refractivity contribution is 7.99. The van der Waals surface area contributed by atoms with Crippen molar-refractivity contribution in [3.05, 3.63) is 35.9 Å². The molecule has 1 aliphatic heterocycles. The molecule has 1 saturated heterocycles. The number of benzene rings is 1. The molecular formula is C14H19NO2S. The first-order valence-corrected chi connectivity index (χ1v) is 7.51. The van der Waals surface area contributed by atoms with E-state index in [2.05, 4.69) is 5.32 Å². The van der Waals surface area contributed by atoms with Gasteiger partial charge in [0.25, 0.3) is 0 Å². The molecule has 2 atom stereocenters. The van der Waals surface area contributed by atoms with Gasteiger partial charge in [0.15, 0.2) is 0 Å². The fraction of sp³-hybridized carbons (Fsp3) is 0.500. The summed E-state index contributed by atoms with van der Waals surface area (Å²) in [5.74, 6) is 2.13. The molecule has 0 bridgehead atoms. The Bertz CT molecular complexity index is 377. The lowest BCUT2D eigenvalue weighted by Gasteiger charge is -2.23. The average Bonchev–Trinajstić information content (AvgIpc) is 2.40. The number of rotatable bonds is 4. The van der Waals surface area contributed by atoms with Crippen molar-refractivity contribution in [3.8, 4) is 0 Å². The Hall–Kier alpha value is -1.000. The molecule has 0 saturated carbocycles. The Morgan fingerprint density at radius 3 is 2.89 bits per heavy atom. The zero-order chi connectivity index (χ0) is 12.8. The summed E-state index contributed by atoms with van der Waals surface area (Å²) in [6.45, 7) is 0. The van der Waals surface area contributed by atoms with Crippen molar-refractivity contribution in [2.45, 2.75) is 31.4 Å². The number of carbonyl (C=O) groups is 1. The topological polar surface area (TPSA) is 49.3 Å². The molecule has 1 aromatic rings. The molecule has 1 amide bonds. The lowest BCUT2D eigenvalue weighted by molar-refractivity contribution is -0.123. The highest BCUT2D eigenvalue weighted by Gasteiger charge is 2.18. The van der Waals surface area contributed by atoms with Gasteiger partial charge in [-0.25, -0.2) is 0 Å². The zero-order valence-electron chi connectivity index (χ0n) is 10.3. The fourth-order valence-corrected chi connectivity index (χ4v) is 3.18.